The highest BCUT2D eigenvalue weighted by Crippen LogP contribution is 2.25. The lowest BCUT2D eigenvalue weighted by Crippen LogP contribution is -2.02. The SMILES string of the molecule is CSc1nc(N)nc(-c2ccc([N+](=O)[O-])cc2C)n1. The molecular formula is C11H11N5O2S. The van der Waals surface area contributed by atoms with Gasteiger partial charge < -0.3 is 5.73 Å². The summed E-state index contributed by atoms with van der Waals surface area (Å²) in [5, 5.41) is 11.2. The summed E-state index contributed by atoms with van der Waals surface area (Å²) in [6.07, 6.45) is 1.83. The number of anilines is 1. The van der Waals surface area contributed by atoms with Crippen LogP contribution in [0.25, 0.3) is 11.4 Å². The minimum atomic E-state index is -0.439. The van der Waals surface area contributed by atoms with Crippen molar-refractivity contribution in [3.05, 3.63) is 33.9 Å². The first-order valence-corrected chi connectivity index (χ1v) is 6.54. The molecule has 0 saturated heterocycles. The topological polar surface area (TPSA) is 108 Å². The Morgan fingerprint density at radius 2 is 2.05 bits per heavy atom. The number of thioether (sulfide) groups is 1. The number of benzene rings is 1. The van der Waals surface area contributed by atoms with Crippen LogP contribution in [-0.4, -0.2) is 26.1 Å². The molecule has 1 aromatic carbocycles. The molecule has 0 aliphatic rings. The quantitative estimate of drug-likeness (QED) is 0.519. The van der Waals surface area contributed by atoms with Crippen LogP contribution in [0.4, 0.5) is 11.6 Å². The van der Waals surface area contributed by atoms with Crippen LogP contribution in [0.5, 0.6) is 0 Å². The minimum Gasteiger partial charge on any atom is -0.368 e. The third-order valence-corrected chi connectivity index (χ3v) is 3.02. The number of nitrogen functional groups attached to an aromatic ring is 1. The van der Waals surface area contributed by atoms with Gasteiger partial charge in [-0.1, -0.05) is 11.8 Å². The minimum absolute atomic E-state index is 0.0355. The van der Waals surface area contributed by atoms with Crippen molar-refractivity contribution in [3.63, 3.8) is 0 Å². The van der Waals surface area contributed by atoms with Gasteiger partial charge in [-0.25, -0.2) is 4.98 Å². The van der Waals surface area contributed by atoms with Gasteiger partial charge in [-0.05, 0) is 24.8 Å². The number of nitrogens with two attached hydrogens (primary N) is 1. The number of nitro benzene ring substituents is 1. The van der Waals surface area contributed by atoms with Crippen LogP contribution in [0.1, 0.15) is 5.56 Å². The summed E-state index contributed by atoms with van der Waals surface area (Å²) < 4.78 is 0. The van der Waals surface area contributed by atoms with Gasteiger partial charge in [-0.2, -0.15) is 9.97 Å². The second-order valence-corrected chi connectivity index (χ2v) is 4.53. The van der Waals surface area contributed by atoms with Crippen molar-refractivity contribution in [2.45, 2.75) is 12.1 Å². The molecule has 0 aliphatic carbocycles. The summed E-state index contributed by atoms with van der Waals surface area (Å²) in [4.78, 5) is 22.5. The number of non-ortho nitro benzene ring substituents is 1. The number of hydrogen-bond donors (Lipinski definition) is 1. The molecule has 7 nitrogen and oxygen atoms in total. The Labute approximate surface area is 113 Å². The average molecular weight is 277 g/mol. The molecule has 0 unspecified atom stereocenters. The second-order valence-electron chi connectivity index (χ2n) is 3.76. The van der Waals surface area contributed by atoms with Crippen molar-refractivity contribution < 1.29 is 4.92 Å². The highest BCUT2D eigenvalue weighted by atomic mass is 32.2. The van der Waals surface area contributed by atoms with Crippen LogP contribution < -0.4 is 5.73 Å². The van der Waals surface area contributed by atoms with E-state index in [4.69, 9.17) is 5.73 Å². The van der Waals surface area contributed by atoms with Crippen molar-refractivity contribution in [2.75, 3.05) is 12.0 Å². The highest BCUT2D eigenvalue weighted by molar-refractivity contribution is 7.98. The molecule has 1 heterocycles. The lowest BCUT2D eigenvalue weighted by molar-refractivity contribution is -0.384. The van der Waals surface area contributed by atoms with Gasteiger partial charge in [-0.15, -0.1) is 0 Å². The van der Waals surface area contributed by atoms with Crippen molar-refractivity contribution in [1.29, 1.82) is 0 Å². The first kappa shape index (κ1) is 13.2. The summed E-state index contributed by atoms with van der Waals surface area (Å²) >= 11 is 1.36. The monoisotopic (exact) mass is 277 g/mol. The zero-order valence-corrected chi connectivity index (χ0v) is 11.1. The van der Waals surface area contributed by atoms with Crippen LogP contribution >= 0.6 is 11.8 Å². The summed E-state index contributed by atoms with van der Waals surface area (Å²) in [6.45, 7) is 1.76. The van der Waals surface area contributed by atoms with E-state index in [-0.39, 0.29) is 11.6 Å². The number of aryl methyl sites for hydroxylation is 1. The Kier molecular flexibility index (Phi) is 3.61. The Hall–Kier alpha value is -2.22. The zero-order chi connectivity index (χ0) is 14.0. The fourth-order valence-corrected chi connectivity index (χ4v) is 1.96. The van der Waals surface area contributed by atoms with Crippen molar-refractivity contribution >= 4 is 23.4 Å². The maximum absolute atomic E-state index is 10.7. The van der Waals surface area contributed by atoms with Gasteiger partial charge in [0.2, 0.25) is 5.95 Å². The molecule has 0 spiro atoms. The molecule has 8 heteroatoms. The first-order chi connectivity index (χ1) is 9.01. The molecule has 0 saturated carbocycles. The second kappa shape index (κ2) is 5.19. The van der Waals surface area contributed by atoms with E-state index in [0.29, 0.717) is 22.1 Å². The van der Waals surface area contributed by atoms with Crippen molar-refractivity contribution in [1.82, 2.24) is 15.0 Å². The maximum atomic E-state index is 10.7. The fourth-order valence-electron chi connectivity index (χ4n) is 1.60. The van der Waals surface area contributed by atoms with Gasteiger partial charge in [0.05, 0.1) is 4.92 Å². The lowest BCUT2D eigenvalue weighted by Gasteiger charge is -2.06. The van der Waals surface area contributed by atoms with E-state index >= 15 is 0 Å². The number of aromatic nitrogens is 3. The van der Waals surface area contributed by atoms with E-state index in [1.54, 1.807) is 13.0 Å². The van der Waals surface area contributed by atoms with E-state index in [2.05, 4.69) is 15.0 Å². The first-order valence-electron chi connectivity index (χ1n) is 5.32. The van der Waals surface area contributed by atoms with Crippen molar-refractivity contribution in [3.8, 4) is 11.4 Å². The maximum Gasteiger partial charge on any atom is 0.269 e. The van der Waals surface area contributed by atoms with Crippen LogP contribution in [-0.2, 0) is 0 Å². The number of hydrogen-bond acceptors (Lipinski definition) is 7. The van der Waals surface area contributed by atoms with Crippen LogP contribution in [0.3, 0.4) is 0 Å². The molecule has 0 bridgehead atoms. The largest absolute Gasteiger partial charge is 0.368 e. The van der Waals surface area contributed by atoms with E-state index in [9.17, 15) is 10.1 Å². The van der Waals surface area contributed by atoms with Crippen LogP contribution in [0.15, 0.2) is 23.4 Å². The molecule has 1 aromatic heterocycles. The molecule has 2 N–H and O–H groups in total. The predicted octanol–water partition coefficient (Wildman–Crippen LogP) is 2.06. The van der Waals surface area contributed by atoms with Gasteiger partial charge in [0.25, 0.3) is 5.69 Å². The number of nitro groups is 1. The van der Waals surface area contributed by atoms with E-state index < -0.39 is 4.92 Å². The Morgan fingerprint density at radius 1 is 1.32 bits per heavy atom. The predicted molar refractivity (Wildman–Crippen MR) is 72.8 cm³/mol. The van der Waals surface area contributed by atoms with Crippen LogP contribution in [0, 0.1) is 17.0 Å². The third kappa shape index (κ3) is 2.79. The summed E-state index contributed by atoms with van der Waals surface area (Å²) in [6, 6.07) is 4.52. The van der Waals surface area contributed by atoms with E-state index in [1.165, 1.54) is 23.9 Å². The Bertz CT molecular complexity index is 647. The molecular weight excluding hydrogens is 266 g/mol. The summed E-state index contributed by atoms with van der Waals surface area (Å²) in [5.74, 6) is 0.552. The van der Waals surface area contributed by atoms with Gasteiger partial charge in [0.1, 0.15) is 0 Å². The van der Waals surface area contributed by atoms with E-state index in [0.717, 1.165) is 0 Å². The molecule has 0 atom stereocenters. The van der Waals surface area contributed by atoms with E-state index in [1.807, 2.05) is 6.26 Å². The fraction of sp³-hybridized carbons (Fsp3) is 0.182. The lowest BCUT2D eigenvalue weighted by atomic mass is 10.1. The van der Waals surface area contributed by atoms with Gasteiger partial charge >= 0.3 is 0 Å². The molecule has 2 rings (SSSR count). The van der Waals surface area contributed by atoms with Crippen molar-refractivity contribution in [2.24, 2.45) is 0 Å². The molecule has 0 fully saturated rings. The molecule has 19 heavy (non-hydrogen) atoms. The molecule has 0 radical (unpaired) electrons. The summed E-state index contributed by atoms with van der Waals surface area (Å²) in [7, 11) is 0. The molecule has 98 valence electrons. The van der Waals surface area contributed by atoms with Crippen LogP contribution in [0.2, 0.25) is 0 Å². The Morgan fingerprint density at radius 3 is 2.63 bits per heavy atom. The number of rotatable bonds is 3. The number of nitrogens with zero attached hydrogens (tertiary/aromatic N) is 4. The molecule has 0 amide bonds. The normalized spacial score (nSPS) is 10.4. The third-order valence-electron chi connectivity index (χ3n) is 2.48. The smallest absolute Gasteiger partial charge is 0.269 e. The highest BCUT2D eigenvalue weighted by Gasteiger charge is 2.12. The van der Waals surface area contributed by atoms with Gasteiger partial charge in [0, 0.05) is 17.7 Å². The summed E-state index contributed by atoms with van der Waals surface area (Å²) in [5.41, 5.74) is 7.07. The molecule has 0 aliphatic heterocycles. The average Bonchev–Trinajstić information content (AvgIpc) is 2.37. The Balaban J connectivity index is 2.53. The van der Waals surface area contributed by atoms with Gasteiger partial charge in [0.15, 0.2) is 11.0 Å². The standard InChI is InChI=1S/C11H11N5O2S/c1-6-5-7(16(17)18)3-4-8(6)9-13-10(12)15-11(14-9)19-2/h3-5H,1-2H3,(H2,12,13,14,15). The zero-order valence-electron chi connectivity index (χ0n) is 10.3. The molecule has 2 aromatic rings. The van der Waals surface area contributed by atoms with Gasteiger partial charge in [-0.3, -0.25) is 10.1 Å².